The molecule has 1 unspecified atom stereocenters. The Morgan fingerprint density at radius 3 is 2.56 bits per heavy atom. The molecule has 0 amide bonds. The highest BCUT2D eigenvalue weighted by Gasteiger charge is 2.06. The van der Waals surface area contributed by atoms with Crippen LogP contribution in [0.2, 0.25) is 0 Å². The van der Waals surface area contributed by atoms with Crippen LogP contribution >= 0.6 is 11.8 Å². The first-order valence-electron chi connectivity index (χ1n) is 6.79. The summed E-state index contributed by atoms with van der Waals surface area (Å²) in [5.41, 5.74) is 1.04. The maximum atomic E-state index is 10.1. The van der Waals surface area contributed by atoms with Crippen LogP contribution in [0.5, 0.6) is 0 Å². The van der Waals surface area contributed by atoms with Gasteiger partial charge < -0.3 is 5.11 Å². The van der Waals surface area contributed by atoms with Crippen molar-refractivity contribution >= 4 is 11.8 Å². The molecule has 0 heterocycles. The molecule has 18 heavy (non-hydrogen) atoms. The lowest BCUT2D eigenvalue weighted by atomic mass is 10.0. The molecular weight excluding hydrogens is 240 g/mol. The van der Waals surface area contributed by atoms with E-state index < -0.39 is 0 Å². The van der Waals surface area contributed by atoms with Crippen molar-refractivity contribution in [3.05, 3.63) is 42.5 Å². The first-order valence-corrected chi connectivity index (χ1v) is 7.78. The topological polar surface area (TPSA) is 20.2 Å². The zero-order valence-electron chi connectivity index (χ0n) is 11.3. The fourth-order valence-corrected chi connectivity index (χ4v) is 2.58. The molecule has 1 nitrogen and oxygen atoms in total. The van der Waals surface area contributed by atoms with E-state index in [0.29, 0.717) is 0 Å². The molecule has 0 saturated heterocycles. The Morgan fingerprint density at radius 2 is 1.94 bits per heavy atom. The molecule has 0 saturated carbocycles. The summed E-state index contributed by atoms with van der Waals surface area (Å²) in [6.45, 7) is 5.86. The summed E-state index contributed by atoms with van der Waals surface area (Å²) in [7, 11) is 0. The number of unbranched alkanes of at least 4 members (excludes halogenated alkanes) is 3. The van der Waals surface area contributed by atoms with E-state index in [9.17, 15) is 5.11 Å². The van der Waals surface area contributed by atoms with Gasteiger partial charge in [0.25, 0.3) is 0 Å². The number of allylic oxidation sites excluding steroid dienone is 1. The molecule has 1 N–H and O–H groups in total. The van der Waals surface area contributed by atoms with Crippen LogP contribution in [0.3, 0.4) is 0 Å². The van der Waals surface area contributed by atoms with E-state index in [0.717, 1.165) is 30.6 Å². The van der Waals surface area contributed by atoms with Crippen LogP contribution in [-0.2, 0) is 0 Å². The van der Waals surface area contributed by atoms with Crippen molar-refractivity contribution in [3.63, 3.8) is 0 Å². The highest BCUT2D eigenvalue weighted by atomic mass is 32.2. The molecule has 1 atom stereocenters. The predicted octanol–water partition coefficient (Wildman–Crippen LogP) is 4.97. The van der Waals surface area contributed by atoms with Crippen LogP contribution in [0, 0.1) is 0 Å². The molecule has 0 radical (unpaired) electrons. The molecule has 0 spiro atoms. The number of aliphatic hydroxyl groups excluding tert-OH is 1. The molecule has 0 aliphatic carbocycles. The Morgan fingerprint density at radius 1 is 1.22 bits per heavy atom. The summed E-state index contributed by atoms with van der Waals surface area (Å²) in [5.74, 6) is 1.09. The molecule has 100 valence electrons. The van der Waals surface area contributed by atoms with Crippen molar-refractivity contribution < 1.29 is 5.11 Å². The van der Waals surface area contributed by atoms with Gasteiger partial charge in [-0.3, -0.25) is 0 Å². The van der Waals surface area contributed by atoms with Crippen LogP contribution in [0.1, 0.15) is 50.7 Å². The van der Waals surface area contributed by atoms with Crippen molar-refractivity contribution in [2.75, 3.05) is 5.75 Å². The van der Waals surface area contributed by atoms with Gasteiger partial charge in [0.15, 0.2) is 0 Å². The van der Waals surface area contributed by atoms with Crippen LogP contribution in [0.4, 0.5) is 0 Å². The van der Waals surface area contributed by atoms with Crippen molar-refractivity contribution in [3.8, 4) is 0 Å². The van der Waals surface area contributed by atoms with E-state index in [-0.39, 0.29) is 6.10 Å². The maximum Gasteiger partial charge on any atom is 0.0790 e. The molecular formula is C16H24OS. The lowest BCUT2D eigenvalue weighted by Gasteiger charge is -2.11. The number of aliphatic hydroxyl groups is 1. The van der Waals surface area contributed by atoms with E-state index in [1.165, 1.54) is 17.7 Å². The van der Waals surface area contributed by atoms with Crippen LogP contribution < -0.4 is 0 Å². The molecule has 0 aliphatic rings. The van der Waals surface area contributed by atoms with Gasteiger partial charge in [-0.05, 0) is 42.7 Å². The first-order chi connectivity index (χ1) is 8.77. The van der Waals surface area contributed by atoms with Gasteiger partial charge in [0.05, 0.1) is 6.10 Å². The summed E-state index contributed by atoms with van der Waals surface area (Å²) < 4.78 is 0. The smallest absolute Gasteiger partial charge is 0.0790 e. The number of rotatable bonds is 9. The van der Waals surface area contributed by atoms with Gasteiger partial charge in [-0.25, -0.2) is 0 Å². The van der Waals surface area contributed by atoms with Crippen LogP contribution in [0.25, 0.3) is 0 Å². The van der Waals surface area contributed by atoms with E-state index in [4.69, 9.17) is 0 Å². The van der Waals surface area contributed by atoms with Gasteiger partial charge in [-0.1, -0.05) is 38.0 Å². The van der Waals surface area contributed by atoms with Gasteiger partial charge in [-0.2, -0.15) is 0 Å². The molecule has 0 aromatic heterocycles. The average Bonchev–Trinajstić information content (AvgIpc) is 2.39. The SMILES string of the molecule is C=CCCCCCC(O)c1ccc(SCC)cc1. The summed E-state index contributed by atoms with van der Waals surface area (Å²) >= 11 is 1.83. The molecule has 0 bridgehead atoms. The Balaban J connectivity index is 2.32. The molecule has 0 aliphatic heterocycles. The maximum absolute atomic E-state index is 10.1. The first kappa shape index (κ1) is 15.3. The third-order valence-corrected chi connectivity index (χ3v) is 3.86. The molecule has 1 aromatic carbocycles. The zero-order valence-corrected chi connectivity index (χ0v) is 12.1. The lowest BCUT2D eigenvalue weighted by molar-refractivity contribution is 0.163. The van der Waals surface area contributed by atoms with Gasteiger partial charge in [-0.15, -0.1) is 18.3 Å². The van der Waals surface area contributed by atoms with Gasteiger partial charge >= 0.3 is 0 Å². The number of benzene rings is 1. The van der Waals surface area contributed by atoms with Gasteiger partial charge in [0, 0.05) is 4.90 Å². The fourth-order valence-electron chi connectivity index (χ4n) is 1.92. The van der Waals surface area contributed by atoms with Crippen LogP contribution in [0.15, 0.2) is 41.8 Å². The highest BCUT2D eigenvalue weighted by molar-refractivity contribution is 7.99. The molecule has 0 fully saturated rings. The summed E-state index contributed by atoms with van der Waals surface area (Å²) in [6.07, 6.45) is 7.03. The van der Waals surface area contributed by atoms with E-state index in [2.05, 4.69) is 25.6 Å². The van der Waals surface area contributed by atoms with Crippen LogP contribution in [-0.4, -0.2) is 10.9 Å². The minimum absolute atomic E-state index is 0.311. The molecule has 1 aromatic rings. The molecule has 2 heteroatoms. The highest BCUT2D eigenvalue weighted by Crippen LogP contribution is 2.23. The minimum atomic E-state index is -0.311. The van der Waals surface area contributed by atoms with Gasteiger partial charge in [0.2, 0.25) is 0 Å². The lowest BCUT2D eigenvalue weighted by Crippen LogP contribution is -1.97. The standard InChI is InChI=1S/C16H24OS/c1-3-5-6-7-8-9-16(17)14-10-12-15(13-11-14)18-4-2/h3,10-13,16-17H,1,4-9H2,2H3. The Hall–Kier alpha value is -0.730. The number of hydrogen-bond donors (Lipinski definition) is 1. The van der Waals surface area contributed by atoms with E-state index >= 15 is 0 Å². The summed E-state index contributed by atoms with van der Waals surface area (Å²) in [5, 5.41) is 10.1. The average molecular weight is 264 g/mol. The summed E-state index contributed by atoms with van der Waals surface area (Å²) in [4.78, 5) is 1.28. The predicted molar refractivity (Wildman–Crippen MR) is 81.1 cm³/mol. The second kappa shape index (κ2) is 9.23. The second-order valence-corrected chi connectivity index (χ2v) is 5.78. The van der Waals surface area contributed by atoms with E-state index in [1.807, 2.05) is 30.0 Å². The third-order valence-electron chi connectivity index (χ3n) is 2.96. The van der Waals surface area contributed by atoms with E-state index in [1.54, 1.807) is 0 Å². The zero-order chi connectivity index (χ0) is 13.2. The molecule has 1 rings (SSSR count). The normalized spacial score (nSPS) is 12.3. The monoisotopic (exact) mass is 264 g/mol. The quantitative estimate of drug-likeness (QED) is 0.386. The van der Waals surface area contributed by atoms with Crippen molar-refractivity contribution in [1.29, 1.82) is 0 Å². The second-order valence-electron chi connectivity index (χ2n) is 4.44. The van der Waals surface area contributed by atoms with Gasteiger partial charge in [0.1, 0.15) is 0 Å². The summed E-state index contributed by atoms with van der Waals surface area (Å²) in [6, 6.07) is 8.30. The van der Waals surface area contributed by atoms with Crippen molar-refractivity contribution in [2.24, 2.45) is 0 Å². The number of hydrogen-bond acceptors (Lipinski definition) is 2. The minimum Gasteiger partial charge on any atom is -0.388 e. The van der Waals surface area contributed by atoms with Crippen molar-refractivity contribution in [2.45, 2.75) is 50.0 Å². The van der Waals surface area contributed by atoms with Crippen molar-refractivity contribution in [1.82, 2.24) is 0 Å². The number of thioether (sulfide) groups is 1. The Kier molecular flexibility index (Phi) is 7.86. The Bertz CT molecular complexity index is 331. The fraction of sp³-hybridized carbons (Fsp3) is 0.500. The Labute approximate surface area is 115 Å². The largest absolute Gasteiger partial charge is 0.388 e. The third kappa shape index (κ3) is 5.74.